The van der Waals surface area contributed by atoms with E-state index in [4.69, 9.17) is 4.74 Å². The maximum atomic E-state index is 12.4. The maximum absolute atomic E-state index is 12.4. The zero-order valence-electron chi connectivity index (χ0n) is 15.6. The Hall–Kier alpha value is -2.00. The molecule has 2 rings (SSSR count). The highest BCUT2D eigenvalue weighted by atomic mass is 32.2. The molecule has 0 bridgehead atoms. The molecule has 0 aliphatic carbocycles. The number of sulfonamides is 1. The second kappa shape index (κ2) is 9.09. The number of nitrogens with one attached hydrogen (secondary N) is 2. The van der Waals surface area contributed by atoms with Gasteiger partial charge in [-0.2, -0.15) is 0 Å². The van der Waals surface area contributed by atoms with E-state index in [0.29, 0.717) is 32.0 Å². The predicted octanol–water partition coefficient (Wildman–Crippen LogP) is 0.997. The summed E-state index contributed by atoms with van der Waals surface area (Å²) >= 11 is 0. The van der Waals surface area contributed by atoms with E-state index in [1.54, 1.807) is 6.07 Å². The van der Waals surface area contributed by atoms with Crippen LogP contribution in [0.4, 0.5) is 16.2 Å². The standard InChI is InChI=1S/C17H28N4O4S/c1-14(2)19-17(22)18-8-9-21(26(3,23)24)16-7-5-4-6-15(16)20-10-12-25-13-11-20/h4-7,14H,8-13H2,1-3H3,(H2,18,19,22). The van der Waals surface area contributed by atoms with Gasteiger partial charge in [-0.15, -0.1) is 0 Å². The van der Waals surface area contributed by atoms with E-state index in [1.165, 1.54) is 10.6 Å². The van der Waals surface area contributed by atoms with Gasteiger partial charge in [-0.25, -0.2) is 13.2 Å². The van der Waals surface area contributed by atoms with Gasteiger partial charge in [0.05, 0.1) is 37.4 Å². The van der Waals surface area contributed by atoms with Crippen molar-refractivity contribution in [1.29, 1.82) is 0 Å². The molecule has 146 valence electrons. The number of hydrogen-bond acceptors (Lipinski definition) is 5. The lowest BCUT2D eigenvalue weighted by molar-refractivity contribution is 0.123. The lowest BCUT2D eigenvalue weighted by atomic mass is 10.2. The smallest absolute Gasteiger partial charge is 0.315 e. The number of nitrogens with zero attached hydrogens (tertiary/aromatic N) is 2. The third-order valence-electron chi connectivity index (χ3n) is 3.92. The Kier molecular flexibility index (Phi) is 7.10. The molecule has 0 unspecified atom stereocenters. The number of carbonyl (C=O) groups excluding carboxylic acids is 1. The largest absolute Gasteiger partial charge is 0.378 e. The van der Waals surface area contributed by atoms with Crippen LogP contribution < -0.4 is 19.8 Å². The monoisotopic (exact) mass is 384 g/mol. The summed E-state index contributed by atoms with van der Waals surface area (Å²) < 4.78 is 31.5. The minimum Gasteiger partial charge on any atom is -0.378 e. The molecule has 0 aromatic heterocycles. The van der Waals surface area contributed by atoms with Crippen LogP contribution in [0.15, 0.2) is 24.3 Å². The first-order valence-corrected chi connectivity index (χ1v) is 10.6. The van der Waals surface area contributed by atoms with Gasteiger partial charge in [-0.3, -0.25) is 4.31 Å². The van der Waals surface area contributed by atoms with Gasteiger partial charge >= 0.3 is 6.03 Å². The summed E-state index contributed by atoms with van der Waals surface area (Å²) in [7, 11) is -3.50. The van der Waals surface area contributed by atoms with Crippen molar-refractivity contribution in [1.82, 2.24) is 10.6 Å². The fraction of sp³-hybridized carbons (Fsp3) is 0.588. The average Bonchev–Trinajstić information content (AvgIpc) is 2.58. The third-order valence-corrected chi connectivity index (χ3v) is 5.10. The Morgan fingerprint density at radius 1 is 1.27 bits per heavy atom. The van der Waals surface area contributed by atoms with Crippen LogP contribution >= 0.6 is 0 Å². The first kappa shape index (κ1) is 20.3. The summed E-state index contributed by atoms with van der Waals surface area (Å²) in [4.78, 5) is 13.8. The molecule has 26 heavy (non-hydrogen) atoms. The maximum Gasteiger partial charge on any atom is 0.315 e. The molecule has 1 aliphatic heterocycles. The summed E-state index contributed by atoms with van der Waals surface area (Å²) in [6.45, 7) is 6.75. The Morgan fingerprint density at radius 3 is 2.54 bits per heavy atom. The van der Waals surface area contributed by atoms with Crippen molar-refractivity contribution in [2.45, 2.75) is 19.9 Å². The Bertz CT molecular complexity index is 702. The molecule has 8 nitrogen and oxygen atoms in total. The molecule has 1 fully saturated rings. The van der Waals surface area contributed by atoms with Gasteiger partial charge in [-0.1, -0.05) is 12.1 Å². The minimum atomic E-state index is -3.50. The van der Waals surface area contributed by atoms with Gasteiger partial charge in [0.25, 0.3) is 0 Å². The van der Waals surface area contributed by atoms with E-state index in [9.17, 15) is 13.2 Å². The van der Waals surface area contributed by atoms with Crippen molar-refractivity contribution < 1.29 is 17.9 Å². The first-order valence-electron chi connectivity index (χ1n) is 8.73. The summed E-state index contributed by atoms with van der Waals surface area (Å²) in [5, 5.41) is 5.41. The molecule has 0 atom stereocenters. The van der Waals surface area contributed by atoms with E-state index in [1.807, 2.05) is 32.0 Å². The Balaban J connectivity index is 2.16. The predicted molar refractivity (Wildman–Crippen MR) is 103 cm³/mol. The quantitative estimate of drug-likeness (QED) is 0.732. The highest BCUT2D eigenvalue weighted by Gasteiger charge is 2.23. The molecule has 1 saturated heterocycles. The van der Waals surface area contributed by atoms with Gasteiger partial charge in [0.1, 0.15) is 0 Å². The van der Waals surface area contributed by atoms with E-state index < -0.39 is 10.0 Å². The average molecular weight is 385 g/mol. The molecular formula is C17H28N4O4S. The molecule has 1 heterocycles. The molecule has 1 aliphatic rings. The molecule has 0 saturated carbocycles. The number of morpholine rings is 1. The van der Waals surface area contributed by atoms with Gasteiger partial charge in [0.2, 0.25) is 10.0 Å². The number of ether oxygens (including phenoxy) is 1. The van der Waals surface area contributed by atoms with Crippen LogP contribution in [0, 0.1) is 0 Å². The molecule has 2 N–H and O–H groups in total. The second-order valence-electron chi connectivity index (χ2n) is 6.48. The third kappa shape index (κ3) is 5.77. The van der Waals surface area contributed by atoms with Crippen molar-refractivity contribution in [3.63, 3.8) is 0 Å². The first-order chi connectivity index (χ1) is 12.3. The summed E-state index contributed by atoms with van der Waals surface area (Å²) in [6, 6.07) is 7.12. The lowest BCUT2D eigenvalue weighted by Crippen LogP contribution is -2.44. The van der Waals surface area contributed by atoms with E-state index in [-0.39, 0.29) is 25.2 Å². The van der Waals surface area contributed by atoms with Crippen molar-refractivity contribution in [3.05, 3.63) is 24.3 Å². The Labute approximate surface area is 155 Å². The highest BCUT2D eigenvalue weighted by molar-refractivity contribution is 7.92. The van der Waals surface area contributed by atoms with E-state index >= 15 is 0 Å². The zero-order valence-corrected chi connectivity index (χ0v) is 16.4. The van der Waals surface area contributed by atoms with Gasteiger partial charge < -0.3 is 20.3 Å². The number of hydrogen-bond donors (Lipinski definition) is 2. The van der Waals surface area contributed by atoms with Crippen LogP contribution in [0.3, 0.4) is 0 Å². The topological polar surface area (TPSA) is 91.0 Å². The highest BCUT2D eigenvalue weighted by Crippen LogP contribution is 2.31. The number of urea groups is 1. The summed E-state index contributed by atoms with van der Waals surface area (Å²) in [5.41, 5.74) is 1.47. The normalized spacial score (nSPS) is 15.0. The minimum absolute atomic E-state index is 0.0167. The van der Waals surface area contributed by atoms with E-state index in [2.05, 4.69) is 15.5 Å². The molecule has 0 radical (unpaired) electrons. The number of rotatable bonds is 7. The van der Waals surface area contributed by atoms with Gasteiger partial charge in [0, 0.05) is 25.7 Å². The number of para-hydroxylation sites is 2. The molecule has 2 amide bonds. The van der Waals surface area contributed by atoms with Gasteiger partial charge in [-0.05, 0) is 26.0 Å². The van der Waals surface area contributed by atoms with Gasteiger partial charge in [0.15, 0.2) is 0 Å². The molecule has 1 aromatic carbocycles. The van der Waals surface area contributed by atoms with Crippen LogP contribution in [-0.2, 0) is 14.8 Å². The van der Waals surface area contributed by atoms with Crippen LogP contribution in [0.1, 0.15) is 13.8 Å². The molecule has 0 spiro atoms. The van der Waals surface area contributed by atoms with Crippen molar-refractivity contribution >= 4 is 27.4 Å². The van der Waals surface area contributed by atoms with E-state index in [0.717, 1.165) is 5.69 Å². The second-order valence-corrected chi connectivity index (χ2v) is 8.39. The molecule has 1 aromatic rings. The van der Waals surface area contributed by atoms with Crippen molar-refractivity contribution in [3.8, 4) is 0 Å². The molecule has 9 heteroatoms. The summed E-state index contributed by atoms with van der Waals surface area (Å²) in [5.74, 6) is 0. The van der Waals surface area contributed by atoms with Crippen molar-refractivity contribution in [2.24, 2.45) is 0 Å². The lowest BCUT2D eigenvalue weighted by Gasteiger charge is -2.33. The van der Waals surface area contributed by atoms with Crippen molar-refractivity contribution in [2.75, 3.05) is 54.9 Å². The number of anilines is 2. The van der Waals surface area contributed by atoms with Crippen LogP contribution in [0.5, 0.6) is 0 Å². The molecular weight excluding hydrogens is 356 g/mol. The summed E-state index contributed by atoms with van der Waals surface area (Å²) in [6.07, 6.45) is 1.18. The number of benzene rings is 1. The van der Waals surface area contributed by atoms with Crippen LogP contribution in [0.25, 0.3) is 0 Å². The van der Waals surface area contributed by atoms with Crippen LogP contribution in [0.2, 0.25) is 0 Å². The SMILES string of the molecule is CC(C)NC(=O)NCCN(c1ccccc1N1CCOCC1)S(C)(=O)=O. The number of carbonyl (C=O) groups is 1. The zero-order chi connectivity index (χ0) is 19.2. The number of amides is 2. The fourth-order valence-corrected chi connectivity index (χ4v) is 3.73. The Morgan fingerprint density at radius 2 is 1.92 bits per heavy atom. The fourth-order valence-electron chi connectivity index (χ4n) is 2.80. The van der Waals surface area contributed by atoms with Crippen LogP contribution in [-0.4, -0.2) is 66.1 Å².